The fourth-order valence-electron chi connectivity index (χ4n) is 2.99. The minimum Gasteiger partial charge on any atom is -0.300 e. The lowest BCUT2D eigenvalue weighted by Crippen LogP contribution is -1.94. The van der Waals surface area contributed by atoms with Gasteiger partial charge in [-0.15, -0.1) is 0 Å². The minimum atomic E-state index is 0.333. The van der Waals surface area contributed by atoms with Crippen molar-refractivity contribution in [2.45, 2.75) is 123 Å². The van der Waals surface area contributed by atoms with Gasteiger partial charge in [0.15, 0.2) is 0 Å². The van der Waals surface area contributed by atoms with Gasteiger partial charge in [0.25, 0.3) is 0 Å². The molecule has 0 radical (unpaired) electrons. The first-order valence-electron chi connectivity index (χ1n) is 10.2. The van der Waals surface area contributed by atoms with E-state index in [1.54, 1.807) is 6.92 Å². The van der Waals surface area contributed by atoms with Gasteiger partial charge in [0.2, 0.25) is 0 Å². The lowest BCUT2D eigenvalue weighted by molar-refractivity contribution is -0.119. The zero-order chi connectivity index (χ0) is 17.2. The molecule has 0 bridgehead atoms. The van der Waals surface area contributed by atoms with Crippen LogP contribution in [0.4, 0.5) is 0 Å². The van der Waals surface area contributed by atoms with E-state index in [1.807, 2.05) is 6.92 Å². The maximum absolute atomic E-state index is 11.2. The van der Waals surface area contributed by atoms with Crippen molar-refractivity contribution in [1.29, 1.82) is 0 Å². The maximum atomic E-state index is 11.2. The predicted octanol–water partition coefficient (Wildman–Crippen LogP) is 6.80. The van der Waals surface area contributed by atoms with Crippen molar-refractivity contribution in [3.05, 3.63) is 0 Å². The maximum Gasteiger partial charge on any atom is 0.132 e. The molecule has 0 amide bonds. The summed E-state index contributed by atoms with van der Waals surface area (Å²) in [4.78, 5) is 22.0. The Labute approximate surface area is 144 Å². The predicted molar refractivity (Wildman–Crippen MR) is 99.9 cm³/mol. The van der Waals surface area contributed by atoms with Crippen LogP contribution in [0.25, 0.3) is 0 Å². The average Bonchev–Trinajstić information content (AvgIpc) is 2.53. The van der Waals surface area contributed by atoms with Crippen molar-refractivity contribution in [3.63, 3.8) is 0 Å². The van der Waals surface area contributed by atoms with Crippen LogP contribution in [0.5, 0.6) is 0 Å². The monoisotopic (exact) mass is 324 g/mol. The summed E-state index contributed by atoms with van der Waals surface area (Å²) in [5.74, 6) is 0.753. The molecular formula is C21H40O2. The largest absolute Gasteiger partial charge is 0.300 e. The molecular weight excluding hydrogens is 284 g/mol. The molecule has 0 aliphatic carbocycles. The highest BCUT2D eigenvalue weighted by atomic mass is 16.1. The Morgan fingerprint density at radius 1 is 0.522 bits per heavy atom. The average molecular weight is 325 g/mol. The molecule has 23 heavy (non-hydrogen) atoms. The zero-order valence-electron chi connectivity index (χ0n) is 15.8. The molecule has 0 fully saturated rings. The third kappa shape index (κ3) is 19.3. The summed E-state index contributed by atoms with van der Waals surface area (Å²) in [5.41, 5.74) is 0. The van der Waals surface area contributed by atoms with Crippen LogP contribution >= 0.6 is 0 Å². The minimum absolute atomic E-state index is 0.333. The molecule has 136 valence electrons. The molecule has 0 aromatic rings. The quantitative estimate of drug-likeness (QED) is 0.260. The van der Waals surface area contributed by atoms with Gasteiger partial charge in [0.05, 0.1) is 0 Å². The lowest BCUT2D eigenvalue weighted by Gasteiger charge is -2.03. The van der Waals surface area contributed by atoms with Gasteiger partial charge < -0.3 is 4.79 Å². The second-order valence-electron chi connectivity index (χ2n) is 7.04. The number of unbranched alkanes of at least 4 members (excludes halogenated alkanes) is 13. The lowest BCUT2D eigenvalue weighted by atomic mass is 10.0. The van der Waals surface area contributed by atoms with E-state index in [1.165, 1.54) is 77.0 Å². The molecule has 0 aliphatic rings. The molecule has 0 rings (SSSR count). The Balaban J connectivity index is 3.02. The molecule has 0 unspecified atom stereocenters. The van der Waals surface area contributed by atoms with Crippen LogP contribution in [0.1, 0.15) is 123 Å². The first kappa shape index (κ1) is 22.3. The number of ketones is 2. The standard InChI is InChI=1S/C21H40O2/c1-3-21(23)19-17-15-13-11-9-7-5-4-6-8-10-12-14-16-18-20(2)22/h3-19H2,1-2H3. The van der Waals surface area contributed by atoms with Crippen LogP contribution < -0.4 is 0 Å². The van der Waals surface area contributed by atoms with Crippen LogP contribution in [-0.2, 0) is 9.59 Å². The topological polar surface area (TPSA) is 34.1 Å². The Morgan fingerprint density at radius 3 is 1.13 bits per heavy atom. The van der Waals surface area contributed by atoms with Gasteiger partial charge in [0, 0.05) is 19.3 Å². The molecule has 0 saturated carbocycles. The molecule has 0 atom stereocenters. The normalized spacial score (nSPS) is 10.9. The molecule has 0 aliphatic heterocycles. The van der Waals surface area contributed by atoms with Crippen molar-refractivity contribution in [1.82, 2.24) is 0 Å². The van der Waals surface area contributed by atoms with Crippen molar-refractivity contribution < 1.29 is 9.59 Å². The number of hydrogen-bond donors (Lipinski definition) is 0. The number of Topliss-reactive ketones (excluding diaryl/α,β-unsaturated/α-hetero) is 2. The summed E-state index contributed by atoms with van der Waals surface area (Å²) in [6, 6.07) is 0. The number of rotatable bonds is 18. The highest BCUT2D eigenvalue weighted by Crippen LogP contribution is 2.13. The zero-order valence-corrected chi connectivity index (χ0v) is 15.8. The van der Waals surface area contributed by atoms with Crippen LogP contribution in [0.3, 0.4) is 0 Å². The first-order valence-corrected chi connectivity index (χ1v) is 10.2. The van der Waals surface area contributed by atoms with E-state index in [-0.39, 0.29) is 0 Å². The molecule has 0 saturated heterocycles. The molecule has 0 aromatic carbocycles. The van der Waals surface area contributed by atoms with E-state index in [4.69, 9.17) is 0 Å². The summed E-state index contributed by atoms with van der Waals surface area (Å²) < 4.78 is 0. The van der Waals surface area contributed by atoms with E-state index in [2.05, 4.69) is 0 Å². The van der Waals surface area contributed by atoms with E-state index in [0.29, 0.717) is 18.0 Å². The summed E-state index contributed by atoms with van der Waals surface area (Å²) in [6.45, 7) is 3.64. The summed E-state index contributed by atoms with van der Waals surface area (Å²) >= 11 is 0. The van der Waals surface area contributed by atoms with Gasteiger partial charge in [-0.05, 0) is 19.8 Å². The van der Waals surface area contributed by atoms with Gasteiger partial charge in [-0.2, -0.15) is 0 Å². The SMILES string of the molecule is CCC(=O)CCCCCCCCCCCCCCCCC(C)=O. The molecule has 0 spiro atoms. The number of hydrogen-bond acceptors (Lipinski definition) is 2. The molecule has 0 heterocycles. The van der Waals surface area contributed by atoms with Crippen LogP contribution in [0.2, 0.25) is 0 Å². The van der Waals surface area contributed by atoms with Gasteiger partial charge in [-0.3, -0.25) is 4.79 Å². The Morgan fingerprint density at radius 2 is 0.826 bits per heavy atom. The third-order valence-electron chi connectivity index (χ3n) is 4.63. The Hall–Kier alpha value is -0.660. The van der Waals surface area contributed by atoms with Crippen molar-refractivity contribution in [2.75, 3.05) is 0 Å². The summed E-state index contributed by atoms with van der Waals surface area (Å²) in [6.07, 6.45) is 20.5. The number of carbonyl (C=O) groups is 2. The van der Waals surface area contributed by atoms with Crippen molar-refractivity contribution in [2.24, 2.45) is 0 Å². The fourth-order valence-corrected chi connectivity index (χ4v) is 2.99. The van der Waals surface area contributed by atoms with Gasteiger partial charge in [-0.1, -0.05) is 84.0 Å². The molecule has 0 aromatic heterocycles. The van der Waals surface area contributed by atoms with Crippen LogP contribution in [0.15, 0.2) is 0 Å². The fraction of sp³-hybridized carbons (Fsp3) is 0.905. The third-order valence-corrected chi connectivity index (χ3v) is 4.63. The van der Waals surface area contributed by atoms with Crippen molar-refractivity contribution in [3.8, 4) is 0 Å². The van der Waals surface area contributed by atoms with E-state index in [9.17, 15) is 9.59 Å². The molecule has 0 N–H and O–H groups in total. The second-order valence-corrected chi connectivity index (χ2v) is 7.04. The second kappa shape index (κ2) is 17.7. The van der Waals surface area contributed by atoms with E-state index in [0.717, 1.165) is 25.7 Å². The Bertz CT molecular complexity index is 284. The molecule has 2 nitrogen and oxygen atoms in total. The van der Waals surface area contributed by atoms with E-state index < -0.39 is 0 Å². The highest BCUT2D eigenvalue weighted by Gasteiger charge is 1.98. The Kier molecular flexibility index (Phi) is 17.2. The smallest absolute Gasteiger partial charge is 0.132 e. The van der Waals surface area contributed by atoms with Crippen molar-refractivity contribution >= 4 is 11.6 Å². The highest BCUT2D eigenvalue weighted by molar-refractivity contribution is 5.77. The first-order chi connectivity index (χ1) is 11.2. The van der Waals surface area contributed by atoms with Gasteiger partial charge in [-0.25, -0.2) is 0 Å². The molecule has 2 heteroatoms. The van der Waals surface area contributed by atoms with Crippen LogP contribution in [0, 0.1) is 0 Å². The van der Waals surface area contributed by atoms with Gasteiger partial charge >= 0.3 is 0 Å². The summed E-state index contributed by atoms with van der Waals surface area (Å²) in [5, 5.41) is 0. The summed E-state index contributed by atoms with van der Waals surface area (Å²) in [7, 11) is 0. The van der Waals surface area contributed by atoms with Crippen LogP contribution in [-0.4, -0.2) is 11.6 Å². The number of carbonyl (C=O) groups excluding carboxylic acids is 2. The van der Waals surface area contributed by atoms with Gasteiger partial charge in [0.1, 0.15) is 11.6 Å². The van der Waals surface area contributed by atoms with E-state index >= 15 is 0 Å².